The molecule has 0 saturated carbocycles. The van der Waals surface area contributed by atoms with Gasteiger partial charge in [-0.3, -0.25) is 9.36 Å². The van der Waals surface area contributed by atoms with Gasteiger partial charge >= 0.3 is 5.69 Å². The number of benzene rings is 1. The van der Waals surface area contributed by atoms with Crippen LogP contribution in [-0.4, -0.2) is 35.1 Å². The summed E-state index contributed by atoms with van der Waals surface area (Å²) in [7, 11) is 0. The van der Waals surface area contributed by atoms with Crippen molar-refractivity contribution in [3.05, 3.63) is 58.8 Å². The first-order valence-electron chi connectivity index (χ1n) is 7.85. The highest BCUT2D eigenvalue weighted by atomic mass is 16.2. The number of anilines is 1. The first-order chi connectivity index (χ1) is 11.2. The van der Waals surface area contributed by atoms with Gasteiger partial charge in [0.2, 0.25) is 5.91 Å². The van der Waals surface area contributed by atoms with Crippen molar-refractivity contribution in [3.8, 4) is 0 Å². The van der Waals surface area contributed by atoms with Crippen LogP contribution in [0.5, 0.6) is 0 Å². The molecule has 1 aliphatic heterocycles. The predicted octanol–water partition coefficient (Wildman–Crippen LogP) is 0.812. The number of nitrogens with zero attached hydrogens (tertiary/aromatic N) is 3. The van der Waals surface area contributed by atoms with Gasteiger partial charge in [0, 0.05) is 37.7 Å². The molecule has 3 rings (SSSR count). The third kappa shape index (κ3) is 3.77. The Labute approximate surface area is 134 Å². The van der Waals surface area contributed by atoms with Crippen LogP contribution in [-0.2, 0) is 17.8 Å². The molecule has 23 heavy (non-hydrogen) atoms. The van der Waals surface area contributed by atoms with Crippen LogP contribution in [0.3, 0.4) is 0 Å². The third-order valence-electron chi connectivity index (χ3n) is 4.01. The lowest BCUT2D eigenvalue weighted by Crippen LogP contribution is -2.39. The Balaban J connectivity index is 1.51. The largest absolute Gasteiger partial charge is 0.370 e. The molecule has 120 valence electrons. The van der Waals surface area contributed by atoms with Crippen LogP contribution in [0.25, 0.3) is 0 Å². The summed E-state index contributed by atoms with van der Waals surface area (Å²) in [5.41, 5.74) is 2.22. The molecule has 1 aromatic carbocycles. The van der Waals surface area contributed by atoms with E-state index in [2.05, 4.69) is 33.4 Å². The van der Waals surface area contributed by atoms with Crippen LogP contribution in [0, 0.1) is 0 Å². The van der Waals surface area contributed by atoms with Crippen LogP contribution in [0.4, 0.5) is 5.69 Å². The van der Waals surface area contributed by atoms with Gasteiger partial charge in [-0.05, 0) is 30.5 Å². The fraction of sp³-hybridized carbons (Fsp3) is 0.353. The van der Waals surface area contributed by atoms with Crippen LogP contribution in [0.1, 0.15) is 12.0 Å². The van der Waals surface area contributed by atoms with Gasteiger partial charge in [-0.15, -0.1) is 0 Å². The van der Waals surface area contributed by atoms with Crippen molar-refractivity contribution in [2.75, 3.05) is 24.5 Å². The smallest absolute Gasteiger partial charge is 0.347 e. The molecule has 1 amide bonds. The van der Waals surface area contributed by atoms with Gasteiger partial charge in [-0.25, -0.2) is 9.78 Å². The molecule has 2 heterocycles. The van der Waals surface area contributed by atoms with Crippen molar-refractivity contribution in [1.29, 1.82) is 0 Å². The molecule has 2 aromatic rings. The number of carbonyl (C=O) groups excluding carboxylic acids is 1. The van der Waals surface area contributed by atoms with Crippen molar-refractivity contribution in [2.24, 2.45) is 0 Å². The molecular weight excluding hydrogens is 292 g/mol. The molecule has 0 atom stereocenters. The van der Waals surface area contributed by atoms with Gasteiger partial charge in [0.15, 0.2) is 0 Å². The highest BCUT2D eigenvalue weighted by Gasteiger charge is 2.15. The molecule has 1 aliphatic rings. The summed E-state index contributed by atoms with van der Waals surface area (Å²) in [4.78, 5) is 29.3. The van der Waals surface area contributed by atoms with E-state index in [1.165, 1.54) is 22.0 Å². The lowest BCUT2D eigenvalue weighted by atomic mass is 10.0. The van der Waals surface area contributed by atoms with Crippen LogP contribution in [0.2, 0.25) is 0 Å². The first-order valence-corrected chi connectivity index (χ1v) is 7.85. The number of aromatic nitrogens is 2. The van der Waals surface area contributed by atoms with Gasteiger partial charge in [-0.1, -0.05) is 18.2 Å². The molecule has 0 radical (unpaired) electrons. The van der Waals surface area contributed by atoms with Crippen molar-refractivity contribution in [3.63, 3.8) is 0 Å². The number of para-hydroxylation sites is 1. The van der Waals surface area contributed by atoms with Crippen LogP contribution < -0.4 is 15.9 Å². The van der Waals surface area contributed by atoms with Crippen molar-refractivity contribution < 1.29 is 4.79 Å². The maximum absolute atomic E-state index is 11.9. The van der Waals surface area contributed by atoms with E-state index in [-0.39, 0.29) is 12.5 Å². The number of hydrogen-bond acceptors (Lipinski definition) is 4. The summed E-state index contributed by atoms with van der Waals surface area (Å²) in [5, 5.41) is 2.87. The number of nitrogens with one attached hydrogen (secondary N) is 1. The highest BCUT2D eigenvalue weighted by molar-refractivity contribution is 5.75. The Kier molecular flexibility index (Phi) is 4.71. The molecular formula is C17H20N4O2. The predicted molar refractivity (Wildman–Crippen MR) is 88.5 cm³/mol. The molecule has 0 spiro atoms. The Morgan fingerprint density at radius 2 is 2.13 bits per heavy atom. The van der Waals surface area contributed by atoms with E-state index in [0.717, 1.165) is 25.9 Å². The highest BCUT2D eigenvalue weighted by Crippen LogP contribution is 2.25. The summed E-state index contributed by atoms with van der Waals surface area (Å²) in [5.74, 6) is -0.176. The van der Waals surface area contributed by atoms with E-state index in [9.17, 15) is 9.59 Å². The average molecular weight is 312 g/mol. The normalized spacial score (nSPS) is 13.5. The number of hydrogen-bond donors (Lipinski definition) is 1. The van der Waals surface area contributed by atoms with E-state index >= 15 is 0 Å². The van der Waals surface area contributed by atoms with E-state index < -0.39 is 5.69 Å². The zero-order valence-electron chi connectivity index (χ0n) is 12.9. The lowest BCUT2D eigenvalue weighted by molar-refractivity contribution is -0.121. The molecule has 6 heteroatoms. The van der Waals surface area contributed by atoms with Crippen LogP contribution >= 0.6 is 0 Å². The molecule has 0 bridgehead atoms. The summed E-state index contributed by atoms with van der Waals surface area (Å²) < 4.78 is 1.30. The molecule has 1 N–H and O–H groups in total. The molecule has 0 unspecified atom stereocenters. The van der Waals surface area contributed by atoms with Gasteiger partial charge in [-0.2, -0.15) is 0 Å². The monoisotopic (exact) mass is 312 g/mol. The van der Waals surface area contributed by atoms with Crippen LogP contribution in [0.15, 0.2) is 47.5 Å². The topological polar surface area (TPSA) is 67.2 Å². The Morgan fingerprint density at radius 1 is 1.26 bits per heavy atom. The fourth-order valence-corrected chi connectivity index (χ4v) is 2.89. The minimum Gasteiger partial charge on any atom is -0.370 e. The average Bonchev–Trinajstić information content (AvgIpc) is 2.57. The summed E-state index contributed by atoms with van der Waals surface area (Å²) in [6.07, 6.45) is 5.24. The quantitative estimate of drug-likeness (QED) is 0.887. The molecule has 0 aliphatic carbocycles. The maximum atomic E-state index is 11.9. The molecule has 0 saturated heterocycles. The zero-order valence-corrected chi connectivity index (χ0v) is 12.9. The van der Waals surface area contributed by atoms with E-state index in [4.69, 9.17) is 0 Å². The Hall–Kier alpha value is -2.63. The maximum Gasteiger partial charge on any atom is 0.347 e. The van der Waals surface area contributed by atoms with Crippen molar-refractivity contribution >= 4 is 11.6 Å². The second-order valence-corrected chi connectivity index (χ2v) is 5.60. The standard InChI is InChI=1S/C17H20N4O2/c22-16(13-21-11-4-8-19-17(21)23)18-9-12-20-10-3-6-14-5-1-2-7-15(14)20/h1-2,4-5,7-8,11H,3,6,9-10,12-13H2,(H,18,22). The van der Waals surface area contributed by atoms with E-state index in [1.807, 2.05) is 6.07 Å². The van der Waals surface area contributed by atoms with Crippen molar-refractivity contribution in [2.45, 2.75) is 19.4 Å². The van der Waals surface area contributed by atoms with Gasteiger partial charge in [0.25, 0.3) is 0 Å². The SMILES string of the molecule is O=C(Cn1cccnc1=O)NCCN1CCCc2ccccc21. The molecule has 6 nitrogen and oxygen atoms in total. The number of carbonyl (C=O) groups is 1. The van der Waals surface area contributed by atoms with Gasteiger partial charge in [0.05, 0.1) is 0 Å². The Bertz CT molecular complexity index is 741. The van der Waals surface area contributed by atoms with Crippen molar-refractivity contribution in [1.82, 2.24) is 14.9 Å². The number of amides is 1. The van der Waals surface area contributed by atoms with Gasteiger partial charge in [0.1, 0.15) is 6.54 Å². The Morgan fingerprint density at radius 3 is 3.00 bits per heavy atom. The molecule has 0 fully saturated rings. The summed E-state index contributed by atoms with van der Waals surface area (Å²) in [6, 6.07) is 10.0. The van der Waals surface area contributed by atoms with E-state index in [0.29, 0.717) is 6.54 Å². The molecule has 1 aromatic heterocycles. The summed E-state index contributed by atoms with van der Waals surface area (Å²) >= 11 is 0. The second kappa shape index (κ2) is 7.09. The number of rotatable bonds is 5. The summed E-state index contributed by atoms with van der Waals surface area (Å²) in [6.45, 7) is 2.34. The van der Waals surface area contributed by atoms with E-state index in [1.54, 1.807) is 12.3 Å². The number of fused-ring (bicyclic) bond motifs is 1. The third-order valence-corrected chi connectivity index (χ3v) is 4.01. The minimum atomic E-state index is -0.410. The number of aryl methyl sites for hydroxylation is 1. The second-order valence-electron chi connectivity index (χ2n) is 5.60. The zero-order chi connectivity index (χ0) is 16.1. The lowest BCUT2D eigenvalue weighted by Gasteiger charge is -2.31. The van der Waals surface area contributed by atoms with Gasteiger partial charge < -0.3 is 10.2 Å². The minimum absolute atomic E-state index is 0.00323. The fourth-order valence-electron chi connectivity index (χ4n) is 2.89. The first kappa shape index (κ1) is 15.3.